The van der Waals surface area contributed by atoms with Gasteiger partial charge in [-0.3, -0.25) is 0 Å². The zero-order valence-electron chi connectivity index (χ0n) is 13.8. The molecule has 0 fully saturated rings. The van der Waals surface area contributed by atoms with E-state index in [9.17, 15) is 9.90 Å². The maximum absolute atomic E-state index is 11.4. The summed E-state index contributed by atoms with van der Waals surface area (Å²) in [6, 6.07) is 14.8. The molecule has 2 aromatic rings. The van der Waals surface area contributed by atoms with Crippen LogP contribution in [0.25, 0.3) is 0 Å². The van der Waals surface area contributed by atoms with Gasteiger partial charge in [-0.15, -0.1) is 0 Å². The number of carbonyl (C=O) groups is 1. The molecule has 0 saturated carbocycles. The molecule has 0 heterocycles. The number of halogens is 1. The molecular weight excluding hydrogens is 326 g/mol. The number of carbonyl (C=O) groups excluding carboxylic acids is 1. The highest BCUT2D eigenvalue weighted by atomic mass is 35.5. The smallest absolute Gasteiger partial charge is 0.337 e. The van der Waals surface area contributed by atoms with Gasteiger partial charge in [-0.1, -0.05) is 35.9 Å². The second-order valence-corrected chi connectivity index (χ2v) is 6.21. The van der Waals surface area contributed by atoms with Crippen LogP contribution in [0, 0.1) is 0 Å². The number of methoxy groups -OCH3 is 1. The van der Waals surface area contributed by atoms with Crippen LogP contribution < -0.4 is 5.32 Å². The first-order chi connectivity index (χ1) is 11.5. The summed E-state index contributed by atoms with van der Waals surface area (Å²) in [4.78, 5) is 11.4. The van der Waals surface area contributed by atoms with Crippen molar-refractivity contribution in [2.45, 2.75) is 25.5 Å². The minimum Gasteiger partial charge on any atom is -0.465 e. The monoisotopic (exact) mass is 347 g/mol. The van der Waals surface area contributed by atoms with Gasteiger partial charge in [0.05, 0.1) is 18.8 Å². The number of ether oxygens (including phenoxy) is 1. The molecule has 0 amide bonds. The highest BCUT2D eigenvalue weighted by Crippen LogP contribution is 2.17. The Bertz CT molecular complexity index is 673. The summed E-state index contributed by atoms with van der Waals surface area (Å²) in [5.74, 6) is -0.336. The lowest BCUT2D eigenvalue weighted by Gasteiger charge is -2.18. The Labute approximate surface area is 147 Å². The van der Waals surface area contributed by atoms with Crippen molar-refractivity contribution < 1.29 is 14.6 Å². The summed E-state index contributed by atoms with van der Waals surface area (Å²) in [6.07, 6.45) is 0.192. The second-order valence-electron chi connectivity index (χ2n) is 5.77. The van der Waals surface area contributed by atoms with Crippen molar-refractivity contribution in [3.05, 3.63) is 70.2 Å². The van der Waals surface area contributed by atoms with Gasteiger partial charge in [-0.25, -0.2) is 4.79 Å². The van der Waals surface area contributed by atoms with Crippen molar-refractivity contribution in [3.8, 4) is 0 Å². The molecule has 1 unspecified atom stereocenters. The van der Waals surface area contributed by atoms with E-state index in [0.29, 0.717) is 17.1 Å². The van der Waals surface area contributed by atoms with Gasteiger partial charge >= 0.3 is 5.97 Å². The van der Waals surface area contributed by atoms with E-state index in [2.05, 4.69) is 17.0 Å². The Hall–Kier alpha value is -1.88. The van der Waals surface area contributed by atoms with Crippen molar-refractivity contribution in [1.29, 1.82) is 0 Å². The predicted octanol–water partition coefficient (Wildman–Crippen LogP) is 3.38. The van der Waals surface area contributed by atoms with Gasteiger partial charge in [0.25, 0.3) is 0 Å². The van der Waals surface area contributed by atoms with Crippen LogP contribution in [0.15, 0.2) is 48.5 Å². The summed E-state index contributed by atoms with van der Waals surface area (Å²) < 4.78 is 4.68. The van der Waals surface area contributed by atoms with Crippen LogP contribution in [0.3, 0.4) is 0 Å². The summed E-state index contributed by atoms with van der Waals surface area (Å²) in [7, 11) is 1.37. The van der Waals surface area contributed by atoms with E-state index in [0.717, 1.165) is 17.5 Å². The van der Waals surface area contributed by atoms with E-state index in [4.69, 9.17) is 11.6 Å². The van der Waals surface area contributed by atoms with Gasteiger partial charge in [-0.05, 0) is 48.7 Å². The Morgan fingerprint density at radius 3 is 2.58 bits per heavy atom. The maximum atomic E-state index is 11.4. The first-order valence-electron chi connectivity index (χ1n) is 7.83. The molecule has 128 valence electrons. The van der Waals surface area contributed by atoms with Crippen molar-refractivity contribution >= 4 is 17.6 Å². The average molecular weight is 348 g/mol. The van der Waals surface area contributed by atoms with Crippen LogP contribution in [0.4, 0.5) is 0 Å². The van der Waals surface area contributed by atoms with Gasteiger partial charge < -0.3 is 15.2 Å². The zero-order chi connectivity index (χ0) is 17.5. The van der Waals surface area contributed by atoms with Crippen molar-refractivity contribution in [1.82, 2.24) is 5.32 Å². The molecule has 0 bridgehead atoms. The van der Waals surface area contributed by atoms with Crippen molar-refractivity contribution in [2.24, 2.45) is 0 Å². The van der Waals surface area contributed by atoms with Crippen LogP contribution in [0.1, 0.15) is 34.5 Å². The number of hydrogen-bond donors (Lipinski definition) is 2. The summed E-state index contributed by atoms with van der Waals surface area (Å²) in [6.45, 7) is 2.50. The molecule has 0 aliphatic carbocycles. The first-order valence-corrected chi connectivity index (χ1v) is 8.21. The lowest BCUT2D eigenvalue weighted by Crippen LogP contribution is -2.32. The van der Waals surface area contributed by atoms with Crippen molar-refractivity contribution in [2.75, 3.05) is 13.7 Å². The predicted molar refractivity (Wildman–Crippen MR) is 95.4 cm³/mol. The molecule has 24 heavy (non-hydrogen) atoms. The lowest BCUT2D eigenvalue weighted by atomic mass is 10.0. The summed E-state index contributed by atoms with van der Waals surface area (Å²) in [5.41, 5.74) is 2.45. The normalized spacial score (nSPS) is 13.3. The number of aliphatic hydroxyl groups is 1. The lowest BCUT2D eigenvalue weighted by molar-refractivity contribution is 0.0600. The third-order valence-corrected chi connectivity index (χ3v) is 4.05. The second kappa shape index (κ2) is 8.83. The Kier molecular flexibility index (Phi) is 6.79. The van der Waals surface area contributed by atoms with E-state index >= 15 is 0 Å². The van der Waals surface area contributed by atoms with Gasteiger partial charge in [0.2, 0.25) is 0 Å². The van der Waals surface area contributed by atoms with E-state index < -0.39 is 6.10 Å². The number of nitrogens with one attached hydrogen (secondary N) is 1. The fourth-order valence-corrected chi connectivity index (χ4v) is 2.66. The maximum Gasteiger partial charge on any atom is 0.337 e. The molecule has 4 nitrogen and oxygen atoms in total. The summed E-state index contributed by atoms with van der Waals surface area (Å²) in [5, 5.41) is 14.1. The van der Waals surface area contributed by atoms with Gasteiger partial charge in [0.15, 0.2) is 0 Å². The number of benzene rings is 2. The molecule has 2 N–H and O–H groups in total. The minimum absolute atomic E-state index is 0.183. The number of rotatable bonds is 7. The molecule has 2 rings (SSSR count). The largest absolute Gasteiger partial charge is 0.465 e. The standard InChI is InChI=1S/C19H22ClNO3/c1-13(10-14-6-8-15(9-7-14)19(23)24-2)21-12-18(22)16-4-3-5-17(20)11-16/h3-9,11,13,18,21-22H,10,12H2,1-2H3/t13?,18-/m1/s1. The molecular formula is C19H22ClNO3. The van der Waals surface area contributed by atoms with Crippen LogP contribution in [0.2, 0.25) is 5.02 Å². The quantitative estimate of drug-likeness (QED) is 0.754. The molecule has 0 aromatic heterocycles. The Morgan fingerprint density at radius 1 is 1.25 bits per heavy atom. The topological polar surface area (TPSA) is 58.6 Å². The SMILES string of the molecule is COC(=O)c1ccc(CC(C)NC[C@@H](O)c2cccc(Cl)c2)cc1. The van der Waals surface area contributed by atoms with Crippen LogP contribution in [-0.4, -0.2) is 30.8 Å². The van der Waals surface area contributed by atoms with Gasteiger partial charge in [-0.2, -0.15) is 0 Å². The van der Waals surface area contributed by atoms with E-state index in [1.165, 1.54) is 7.11 Å². The van der Waals surface area contributed by atoms with Crippen LogP contribution in [0.5, 0.6) is 0 Å². The molecule has 2 aromatic carbocycles. The fraction of sp³-hybridized carbons (Fsp3) is 0.316. The highest BCUT2D eigenvalue weighted by molar-refractivity contribution is 6.30. The molecule has 0 saturated heterocycles. The van der Waals surface area contributed by atoms with E-state index in [1.807, 2.05) is 24.3 Å². The fourth-order valence-electron chi connectivity index (χ4n) is 2.47. The average Bonchev–Trinajstić information content (AvgIpc) is 2.59. The van der Waals surface area contributed by atoms with Gasteiger partial charge in [0, 0.05) is 17.6 Å². The minimum atomic E-state index is -0.604. The number of aliphatic hydroxyl groups excluding tert-OH is 1. The third kappa shape index (κ3) is 5.34. The van der Waals surface area contributed by atoms with Crippen LogP contribution in [-0.2, 0) is 11.2 Å². The van der Waals surface area contributed by atoms with E-state index in [-0.39, 0.29) is 12.0 Å². The van der Waals surface area contributed by atoms with E-state index in [1.54, 1.807) is 24.3 Å². The first kappa shape index (κ1) is 18.5. The zero-order valence-corrected chi connectivity index (χ0v) is 14.6. The number of esters is 1. The summed E-state index contributed by atoms with van der Waals surface area (Å²) >= 11 is 5.94. The third-order valence-electron chi connectivity index (χ3n) is 3.81. The molecule has 0 aliphatic rings. The van der Waals surface area contributed by atoms with Gasteiger partial charge in [0.1, 0.15) is 0 Å². The van der Waals surface area contributed by atoms with Crippen LogP contribution >= 0.6 is 11.6 Å². The molecule has 0 aliphatic heterocycles. The van der Waals surface area contributed by atoms with Crippen molar-refractivity contribution in [3.63, 3.8) is 0 Å². The molecule has 0 spiro atoms. The number of hydrogen-bond acceptors (Lipinski definition) is 4. The molecule has 5 heteroatoms. The highest BCUT2D eigenvalue weighted by Gasteiger charge is 2.11. The molecule has 2 atom stereocenters. The Balaban J connectivity index is 1.84. The Morgan fingerprint density at radius 2 is 1.96 bits per heavy atom. The molecule has 0 radical (unpaired) electrons.